The van der Waals surface area contributed by atoms with E-state index in [1.54, 1.807) is 19.5 Å². The van der Waals surface area contributed by atoms with E-state index in [1.165, 1.54) is 0 Å². The minimum absolute atomic E-state index is 0.789. The molecule has 0 amide bonds. The number of hydrogen-bond donors (Lipinski definition) is 0. The Bertz CT molecular complexity index is 881. The van der Waals surface area contributed by atoms with Gasteiger partial charge in [-0.25, -0.2) is 15.0 Å². The van der Waals surface area contributed by atoms with Crippen molar-refractivity contribution in [2.75, 3.05) is 43.1 Å². The largest absolute Gasteiger partial charge is 0.496 e. The number of aromatic nitrogens is 3. The molecule has 3 heterocycles. The maximum Gasteiger partial charge on any atom is 0.225 e. The number of nitrogens with zero attached hydrogens (tertiary/aromatic N) is 5. The van der Waals surface area contributed by atoms with Crippen molar-refractivity contribution in [2.24, 2.45) is 0 Å². The monoisotopic (exact) mass is 399 g/mol. The van der Waals surface area contributed by atoms with E-state index in [1.807, 2.05) is 24.4 Å². The molecule has 1 aliphatic rings. The molecule has 25 heavy (non-hydrogen) atoms. The van der Waals surface area contributed by atoms with Crippen LogP contribution < -0.4 is 14.5 Å². The highest BCUT2D eigenvalue weighted by atomic mass is 79.9. The van der Waals surface area contributed by atoms with Gasteiger partial charge in [0, 0.05) is 60.0 Å². The fourth-order valence-electron chi connectivity index (χ4n) is 3.21. The fourth-order valence-corrected chi connectivity index (χ4v) is 3.72. The first-order valence-electron chi connectivity index (χ1n) is 8.16. The molecule has 4 rings (SSSR count). The van der Waals surface area contributed by atoms with Crippen molar-refractivity contribution in [2.45, 2.75) is 0 Å². The van der Waals surface area contributed by atoms with Crippen molar-refractivity contribution < 1.29 is 4.74 Å². The lowest BCUT2D eigenvalue weighted by atomic mass is 10.1. The molecule has 128 valence electrons. The molecule has 3 aromatic rings. The van der Waals surface area contributed by atoms with E-state index in [4.69, 9.17) is 4.74 Å². The first kappa shape index (κ1) is 16.1. The number of ether oxygens (including phenoxy) is 1. The second-order valence-electron chi connectivity index (χ2n) is 5.84. The SMILES string of the molecule is COc1cccc2c(N3CCN(c4ncccn4)CC3)ncc(Br)c12. The molecular weight excluding hydrogens is 382 g/mol. The molecule has 1 aromatic carbocycles. The highest BCUT2D eigenvalue weighted by molar-refractivity contribution is 9.10. The summed E-state index contributed by atoms with van der Waals surface area (Å²) in [6, 6.07) is 7.91. The lowest BCUT2D eigenvalue weighted by Gasteiger charge is -2.35. The first-order chi connectivity index (χ1) is 12.3. The number of halogens is 1. The van der Waals surface area contributed by atoms with Gasteiger partial charge in [0.15, 0.2) is 0 Å². The Labute approximate surface area is 154 Å². The zero-order valence-electron chi connectivity index (χ0n) is 13.9. The number of pyridine rings is 1. The van der Waals surface area contributed by atoms with Crippen LogP contribution in [-0.2, 0) is 0 Å². The third-order valence-electron chi connectivity index (χ3n) is 4.44. The van der Waals surface area contributed by atoms with Crippen molar-refractivity contribution in [3.63, 3.8) is 0 Å². The van der Waals surface area contributed by atoms with Gasteiger partial charge >= 0.3 is 0 Å². The number of benzene rings is 1. The summed E-state index contributed by atoms with van der Waals surface area (Å²) in [5, 5.41) is 2.15. The number of methoxy groups -OCH3 is 1. The average Bonchev–Trinajstić information content (AvgIpc) is 2.69. The lowest BCUT2D eigenvalue weighted by Crippen LogP contribution is -2.47. The maximum absolute atomic E-state index is 5.52. The molecule has 0 saturated carbocycles. The number of hydrogen-bond acceptors (Lipinski definition) is 6. The van der Waals surface area contributed by atoms with Crippen LogP contribution in [0.15, 0.2) is 47.3 Å². The number of piperazine rings is 1. The Morgan fingerprint density at radius 1 is 0.960 bits per heavy atom. The molecule has 0 N–H and O–H groups in total. The molecule has 0 unspecified atom stereocenters. The average molecular weight is 400 g/mol. The Hall–Kier alpha value is -2.41. The second-order valence-corrected chi connectivity index (χ2v) is 6.69. The summed E-state index contributed by atoms with van der Waals surface area (Å²) in [5.41, 5.74) is 0. The van der Waals surface area contributed by atoms with E-state index in [-0.39, 0.29) is 0 Å². The van der Waals surface area contributed by atoms with Crippen molar-refractivity contribution in [3.05, 3.63) is 47.3 Å². The predicted molar refractivity (Wildman–Crippen MR) is 102 cm³/mol. The van der Waals surface area contributed by atoms with Crippen LogP contribution in [-0.4, -0.2) is 48.2 Å². The number of fused-ring (bicyclic) bond motifs is 1. The Kier molecular flexibility index (Phi) is 4.40. The van der Waals surface area contributed by atoms with Gasteiger partial charge < -0.3 is 14.5 Å². The van der Waals surface area contributed by atoms with Crippen LogP contribution in [0.2, 0.25) is 0 Å². The molecule has 1 aliphatic heterocycles. The maximum atomic E-state index is 5.52. The Morgan fingerprint density at radius 3 is 2.40 bits per heavy atom. The van der Waals surface area contributed by atoms with Crippen LogP contribution in [0, 0.1) is 0 Å². The third kappa shape index (κ3) is 3.00. The zero-order chi connectivity index (χ0) is 17.2. The molecule has 6 nitrogen and oxygen atoms in total. The molecule has 2 aromatic heterocycles. The standard InChI is InChI=1S/C18H18BrN5O/c1-25-15-5-2-4-13-16(15)14(19)12-22-17(13)23-8-10-24(11-9-23)18-20-6-3-7-21-18/h2-7,12H,8-11H2,1H3. The molecule has 0 radical (unpaired) electrons. The summed E-state index contributed by atoms with van der Waals surface area (Å²) in [6.45, 7) is 3.48. The van der Waals surface area contributed by atoms with Crippen molar-refractivity contribution in [1.82, 2.24) is 15.0 Å². The smallest absolute Gasteiger partial charge is 0.225 e. The molecule has 0 aliphatic carbocycles. The lowest BCUT2D eigenvalue weighted by molar-refractivity contribution is 0.419. The van der Waals surface area contributed by atoms with Crippen LogP contribution in [0.1, 0.15) is 0 Å². The highest BCUT2D eigenvalue weighted by Gasteiger charge is 2.22. The topological polar surface area (TPSA) is 54.4 Å². The van der Waals surface area contributed by atoms with Crippen molar-refractivity contribution in [1.29, 1.82) is 0 Å². The molecule has 0 spiro atoms. The summed E-state index contributed by atoms with van der Waals surface area (Å²) < 4.78 is 6.47. The normalized spacial score (nSPS) is 14.8. The minimum Gasteiger partial charge on any atom is -0.496 e. The van der Waals surface area contributed by atoms with Gasteiger partial charge in [0.25, 0.3) is 0 Å². The molecule has 7 heteroatoms. The summed E-state index contributed by atoms with van der Waals surface area (Å²) >= 11 is 3.60. The van der Waals surface area contributed by atoms with Crippen molar-refractivity contribution >= 4 is 38.5 Å². The van der Waals surface area contributed by atoms with Crippen molar-refractivity contribution in [3.8, 4) is 5.75 Å². The quantitative estimate of drug-likeness (QED) is 0.674. The van der Waals surface area contributed by atoms with Crippen LogP contribution in [0.4, 0.5) is 11.8 Å². The first-order valence-corrected chi connectivity index (χ1v) is 8.95. The van der Waals surface area contributed by atoms with Crippen LogP contribution >= 0.6 is 15.9 Å². The predicted octanol–water partition coefficient (Wildman–Crippen LogP) is 3.12. The van der Waals surface area contributed by atoms with Gasteiger partial charge in [0.2, 0.25) is 5.95 Å². The Morgan fingerprint density at radius 2 is 1.68 bits per heavy atom. The Balaban J connectivity index is 1.63. The summed E-state index contributed by atoms with van der Waals surface area (Å²) in [5.74, 6) is 2.63. The van der Waals surface area contributed by atoms with Gasteiger partial charge in [-0.2, -0.15) is 0 Å². The summed E-state index contributed by atoms with van der Waals surface area (Å²) in [7, 11) is 1.69. The van der Waals surface area contributed by atoms with Gasteiger partial charge in [-0.05, 0) is 28.1 Å². The molecular formula is C18H18BrN5O. The molecule has 1 fully saturated rings. The molecule has 0 bridgehead atoms. The fraction of sp³-hybridized carbons (Fsp3) is 0.278. The van der Waals surface area contributed by atoms with Crippen LogP contribution in [0.5, 0.6) is 5.75 Å². The summed E-state index contributed by atoms with van der Waals surface area (Å²) in [6.07, 6.45) is 5.42. The van der Waals surface area contributed by atoms with E-state index in [2.05, 4.69) is 46.7 Å². The van der Waals surface area contributed by atoms with E-state index in [9.17, 15) is 0 Å². The second kappa shape index (κ2) is 6.84. The van der Waals surface area contributed by atoms with Gasteiger partial charge in [-0.1, -0.05) is 12.1 Å². The van der Waals surface area contributed by atoms with E-state index >= 15 is 0 Å². The van der Waals surface area contributed by atoms with Crippen LogP contribution in [0.3, 0.4) is 0 Å². The van der Waals surface area contributed by atoms with E-state index in [0.717, 1.165) is 58.9 Å². The highest BCUT2D eigenvalue weighted by Crippen LogP contribution is 2.36. The minimum atomic E-state index is 0.789. The number of anilines is 2. The number of rotatable bonds is 3. The van der Waals surface area contributed by atoms with Gasteiger partial charge in [-0.15, -0.1) is 0 Å². The van der Waals surface area contributed by atoms with E-state index < -0.39 is 0 Å². The zero-order valence-corrected chi connectivity index (χ0v) is 15.5. The van der Waals surface area contributed by atoms with Gasteiger partial charge in [0.1, 0.15) is 11.6 Å². The molecule has 1 saturated heterocycles. The summed E-state index contributed by atoms with van der Waals surface area (Å²) in [4.78, 5) is 17.9. The van der Waals surface area contributed by atoms with E-state index in [0.29, 0.717) is 0 Å². The molecule has 0 atom stereocenters. The van der Waals surface area contributed by atoms with Gasteiger partial charge in [0.05, 0.1) is 7.11 Å². The third-order valence-corrected chi connectivity index (χ3v) is 5.04. The van der Waals surface area contributed by atoms with Gasteiger partial charge in [-0.3, -0.25) is 0 Å². The van der Waals surface area contributed by atoms with Crippen LogP contribution in [0.25, 0.3) is 10.8 Å².